The van der Waals surface area contributed by atoms with Crippen molar-refractivity contribution in [3.05, 3.63) is 12.1 Å². The number of urea groups is 2. The van der Waals surface area contributed by atoms with Crippen molar-refractivity contribution in [2.45, 2.75) is 13.8 Å². The third kappa shape index (κ3) is 3.30. The first-order chi connectivity index (χ1) is 10.2. The highest BCUT2D eigenvalue weighted by Crippen LogP contribution is 2.39. The van der Waals surface area contributed by atoms with E-state index in [0.717, 1.165) is 0 Å². The molecule has 0 saturated carbocycles. The Labute approximate surface area is 127 Å². The molecule has 10 heteroatoms. The first-order valence-electron chi connectivity index (χ1n) is 6.55. The van der Waals surface area contributed by atoms with Gasteiger partial charge in [0, 0.05) is 18.8 Å². The first kappa shape index (κ1) is 17.3. The smallest absolute Gasteiger partial charge is 0.333 e. The highest BCUT2D eigenvalue weighted by Gasteiger charge is 2.22. The molecule has 0 unspecified atom stereocenters. The van der Waals surface area contributed by atoms with Crippen LogP contribution in [0.5, 0.6) is 5.75 Å². The van der Waals surface area contributed by atoms with Crippen LogP contribution in [-0.2, 0) is 0 Å². The van der Waals surface area contributed by atoms with Gasteiger partial charge in [0.2, 0.25) is 0 Å². The lowest BCUT2D eigenvalue weighted by Gasteiger charge is -2.27. The molecule has 0 fully saturated rings. The number of anilines is 3. The molecule has 1 aromatic rings. The molecule has 0 aliphatic heterocycles. The van der Waals surface area contributed by atoms with E-state index in [4.69, 9.17) is 23.2 Å². The number of hydrazine groups is 2. The van der Waals surface area contributed by atoms with Crippen LogP contribution < -0.4 is 38.1 Å². The number of hydrogen-bond donors (Lipinski definition) is 5. The fourth-order valence-electron chi connectivity index (χ4n) is 1.97. The Hall–Kier alpha value is -2.72. The molecule has 122 valence electrons. The predicted octanol–water partition coefficient (Wildman–Crippen LogP) is -0.244. The number of nitrogens with zero attached hydrogens (tertiary/aromatic N) is 3. The van der Waals surface area contributed by atoms with Crippen LogP contribution in [-0.4, -0.2) is 30.3 Å². The monoisotopic (exact) mass is 311 g/mol. The Kier molecular flexibility index (Phi) is 5.38. The molecule has 1 rings (SSSR count). The van der Waals surface area contributed by atoms with Gasteiger partial charge >= 0.3 is 12.1 Å². The quantitative estimate of drug-likeness (QED) is 0.285. The van der Waals surface area contributed by atoms with Crippen molar-refractivity contribution in [2.24, 2.45) is 23.2 Å². The van der Waals surface area contributed by atoms with Gasteiger partial charge in [0.15, 0.2) is 5.75 Å². The summed E-state index contributed by atoms with van der Waals surface area (Å²) in [4.78, 5) is 24.4. The largest absolute Gasteiger partial charge is 0.504 e. The zero-order valence-electron chi connectivity index (χ0n) is 12.5. The molecule has 0 aliphatic carbocycles. The molecule has 9 N–H and O–H groups in total. The fraction of sp³-hybridized carbons (Fsp3) is 0.333. The molecule has 0 heterocycles. The number of rotatable bonds is 5. The molecule has 22 heavy (non-hydrogen) atoms. The number of phenolic OH excluding ortho intramolecular Hbond substituents is 1. The number of carbonyl (C=O) groups is 2. The topological polar surface area (TPSA) is 168 Å². The number of benzene rings is 1. The minimum atomic E-state index is -0.986. The minimum absolute atomic E-state index is 0.0939. The molecule has 0 radical (unpaired) electrons. The maximum Gasteiger partial charge on any atom is 0.333 e. The Balaban J connectivity index is 3.56. The number of carbonyl (C=O) groups excluding carboxylic acids is 2. The molecule has 0 saturated heterocycles. The summed E-state index contributed by atoms with van der Waals surface area (Å²) in [5.74, 6) is 10.6. The van der Waals surface area contributed by atoms with E-state index in [0.29, 0.717) is 28.8 Å². The van der Waals surface area contributed by atoms with E-state index >= 15 is 0 Å². The van der Waals surface area contributed by atoms with Crippen molar-refractivity contribution in [1.82, 2.24) is 0 Å². The van der Waals surface area contributed by atoms with Crippen molar-refractivity contribution in [3.8, 4) is 5.75 Å². The van der Waals surface area contributed by atoms with Gasteiger partial charge in [0.05, 0.1) is 0 Å². The molecular formula is C12H21N7O3. The second-order valence-corrected chi connectivity index (χ2v) is 4.42. The summed E-state index contributed by atoms with van der Waals surface area (Å²) in [6.07, 6.45) is 0. The molecule has 4 amide bonds. The Morgan fingerprint density at radius 1 is 1.00 bits per heavy atom. The number of nitrogens with two attached hydrogens (primary N) is 4. The van der Waals surface area contributed by atoms with Gasteiger partial charge in [0.25, 0.3) is 0 Å². The van der Waals surface area contributed by atoms with Crippen LogP contribution in [0.1, 0.15) is 13.8 Å². The lowest BCUT2D eigenvalue weighted by atomic mass is 10.2. The Morgan fingerprint density at radius 3 is 1.64 bits per heavy atom. The summed E-state index contributed by atoms with van der Waals surface area (Å²) >= 11 is 0. The number of primary amides is 2. The van der Waals surface area contributed by atoms with Gasteiger partial charge in [-0.1, -0.05) is 0 Å². The molecule has 0 aromatic heterocycles. The second-order valence-electron chi connectivity index (χ2n) is 4.42. The van der Waals surface area contributed by atoms with Crippen molar-refractivity contribution in [2.75, 3.05) is 28.0 Å². The molecule has 0 aliphatic rings. The number of amides is 4. The van der Waals surface area contributed by atoms with Crippen LogP contribution in [0.3, 0.4) is 0 Å². The molecule has 0 spiro atoms. The van der Waals surface area contributed by atoms with Gasteiger partial charge in [-0.3, -0.25) is 0 Å². The maximum absolute atomic E-state index is 11.2. The molecule has 1 aromatic carbocycles. The zero-order valence-corrected chi connectivity index (χ0v) is 12.5. The molecule has 10 nitrogen and oxygen atoms in total. The maximum atomic E-state index is 11.2. The average Bonchev–Trinajstić information content (AvgIpc) is 2.47. The van der Waals surface area contributed by atoms with Crippen molar-refractivity contribution < 1.29 is 14.7 Å². The lowest BCUT2D eigenvalue weighted by molar-refractivity contribution is 0.253. The standard InChI is InChI=1S/C12H21N7O3/c1-3-17(4-2)7-5-8(18(15)11(13)21)10(20)9(6-7)19(16)12(14)22/h5-6,20H,3-4,15-16H2,1-2H3,(H2,13,21)(H2,14,22). The summed E-state index contributed by atoms with van der Waals surface area (Å²) in [5.41, 5.74) is 10.6. The van der Waals surface area contributed by atoms with Crippen molar-refractivity contribution >= 4 is 29.1 Å². The van der Waals surface area contributed by atoms with E-state index in [9.17, 15) is 14.7 Å². The van der Waals surface area contributed by atoms with Gasteiger partial charge < -0.3 is 21.5 Å². The average molecular weight is 311 g/mol. The molecule has 0 atom stereocenters. The Morgan fingerprint density at radius 2 is 1.36 bits per heavy atom. The first-order valence-corrected chi connectivity index (χ1v) is 6.55. The number of aromatic hydroxyl groups is 1. The van der Waals surface area contributed by atoms with Crippen molar-refractivity contribution in [3.63, 3.8) is 0 Å². The zero-order chi connectivity index (χ0) is 17.0. The van der Waals surface area contributed by atoms with E-state index in [2.05, 4.69) is 0 Å². The SMILES string of the molecule is CCN(CC)c1cc(N(N)C(N)=O)c(O)c(N(N)C(N)=O)c1. The number of hydrogen-bond acceptors (Lipinski definition) is 6. The summed E-state index contributed by atoms with van der Waals surface area (Å²) in [5, 5.41) is 11.3. The third-order valence-corrected chi connectivity index (χ3v) is 3.18. The minimum Gasteiger partial charge on any atom is -0.504 e. The Bertz CT molecular complexity index is 533. The van der Waals surface area contributed by atoms with E-state index in [1.54, 1.807) is 0 Å². The summed E-state index contributed by atoms with van der Waals surface area (Å²) < 4.78 is 0. The predicted molar refractivity (Wildman–Crippen MR) is 84.2 cm³/mol. The van der Waals surface area contributed by atoms with Gasteiger partial charge in [-0.25, -0.2) is 31.3 Å². The molecular weight excluding hydrogens is 290 g/mol. The van der Waals surface area contributed by atoms with Crippen LogP contribution in [0.4, 0.5) is 26.7 Å². The van der Waals surface area contributed by atoms with Gasteiger partial charge in [0.1, 0.15) is 11.4 Å². The molecule has 0 bridgehead atoms. The number of phenols is 1. The van der Waals surface area contributed by atoms with Crippen LogP contribution in [0.25, 0.3) is 0 Å². The highest BCUT2D eigenvalue weighted by molar-refractivity contribution is 5.98. The van der Waals surface area contributed by atoms with E-state index in [-0.39, 0.29) is 11.4 Å². The van der Waals surface area contributed by atoms with Gasteiger partial charge in [-0.2, -0.15) is 0 Å². The summed E-state index contributed by atoms with van der Waals surface area (Å²) in [6.45, 7) is 5.11. The van der Waals surface area contributed by atoms with Crippen LogP contribution in [0, 0.1) is 0 Å². The normalized spacial score (nSPS) is 10.2. The van der Waals surface area contributed by atoms with E-state index in [1.807, 2.05) is 18.7 Å². The van der Waals surface area contributed by atoms with E-state index < -0.39 is 17.8 Å². The van der Waals surface area contributed by atoms with Crippen LogP contribution in [0.2, 0.25) is 0 Å². The van der Waals surface area contributed by atoms with Crippen LogP contribution in [0.15, 0.2) is 12.1 Å². The fourth-order valence-corrected chi connectivity index (χ4v) is 1.97. The van der Waals surface area contributed by atoms with E-state index in [1.165, 1.54) is 12.1 Å². The van der Waals surface area contributed by atoms with Crippen molar-refractivity contribution in [1.29, 1.82) is 0 Å². The van der Waals surface area contributed by atoms with Crippen LogP contribution >= 0.6 is 0 Å². The summed E-state index contributed by atoms with van der Waals surface area (Å²) in [7, 11) is 0. The third-order valence-electron chi connectivity index (χ3n) is 3.18. The highest BCUT2D eigenvalue weighted by atomic mass is 16.3. The van der Waals surface area contributed by atoms with Gasteiger partial charge in [-0.15, -0.1) is 0 Å². The second kappa shape index (κ2) is 6.83. The lowest BCUT2D eigenvalue weighted by Crippen LogP contribution is -2.43. The van der Waals surface area contributed by atoms with Gasteiger partial charge in [-0.05, 0) is 26.0 Å². The summed E-state index contributed by atoms with van der Waals surface area (Å²) in [6, 6.07) is 0.956.